The summed E-state index contributed by atoms with van der Waals surface area (Å²) in [4.78, 5) is 16.0. The van der Waals surface area contributed by atoms with Gasteiger partial charge in [-0.05, 0) is 59.3 Å². The maximum absolute atomic E-state index is 6.38. The fourth-order valence-electron chi connectivity index (χ4n) is 9.68. The van der Waals surface area contributed by atoms with Gasteiger partial charge >= 0.3 is 0 Å². The third-order valence-corrected chi connectivity index (χ3v) is 13.7. The largest absolute Gasteiger partial charge is 0.456 e. The minimum atomic E-state index is 0.521. The Morgan fingerprint density at radius 3 is 1.68 bits per heavy atom. The van der Waals surface area contributed by atoms with Gasteiger partial charge in [-0.2, -0.15) is 9.97 Å². The Hall–Kier alpha value is -8.13. The molecule has 5 aromatic heterocycles. The molecule has 0 amide bonds. The van der Waals surface area contributed by atoms with Crippen molar-refractivity contribution in [3.05, 3.63) is 182 Å². The SMILES string of the molecule is c1ccc2c(c1)ccc1sc3c(-c4cccc5c6ccccc6n(-c6nc(-c7ccc8c(c7)oc7ccccc78)nc(-c7ccc8c(c7)oc7ccccc78)n6)c45)cccc3c12. The van der Waals surface area contributed by atoms with Gasteiger partial charge in [0.05, 0.1) is 11.0 Å². The number of fused-ring (bicyclic) bond motifs is 14. The number of hydrogen-bond donors (Lipinski definition) is 0. The van der Waals surface area contributed by atoms with Crippen LogP contribution in [-0.4, -0.2) is 19.5 Å². The van der Waals surface area contributed by atoms with Crippen LogP contribution in [0.15, 0.2) is 191 Å². The fourth-order valence-corrected chi connectivity index (χ4v) is 10.9. The molecule has 0 aliphatic heterocycles. The predicted molar refractivity (Wildman–Crippen MR) is 255 cm³/mol. The van der Waals surface area contributed by atoms with E-state index in [0.29, 0.717) is 17.6 Å². The highest BCUT2D eigenvalue weighted by atomic mass is 32.1. The molecule has 0 N–H and O–H groups in total. The summed E-state index contributed by atoms with van der Waals surface area (Å²) in [6.07, 6.45) is 0. The van der Waals surface area contributed by atoms with E-state index in [-0.39, 0.29) is 0 Å². The highest BCUT2D eigenvalue weighted by Crippen LogP contribution is 2.46. The molecule has 7 heteroatoms. The van der Waals surface area contributed by atoms with Crippen molar-refractivity contribution in [3.8, 4) is 39.9 Å². The quantitative estimate of drug-likeness (QED) is 0.177. The van der Waals surface area contributed by atoms with Crippen molar-refractivity contribution in [2.75, 3.05) is 0 Å². The average Bonchev–Trinajstić information content (AvgIpc) is 4.10. The summed E-state index contributed by atoms with van der Waals surface area (Å²) in [5, 5.41) is 11.6. The topological polar surface area (TPSA) is 69.9 Å². The first-order chi connectivity index (χ1) is 30.7. The summed E-state index contributed by atoms with van der Waals surface area (Å²) in [7, 11) is 0. The Bertz CT molecular complexity index is 4060. The average molecular weight is 811 g/mol. The molecule has 9 aromatic carbocycles. The molecule has 0 saturated carbocycles. The second-order valence-corrected chi connectivity index (χ2v) is 17.0. The van der Waals surface area contributed by atoms with E-state index in [4.69, 9.17) is 23.8 Å². The number of aromatic nitrogens is 4. The van der Waals surface area contributed by atoms with Crippen molar-refractivity contribution in [1.29, 1.82) is 0 Å². The molecule has 0 fully saturated rings. The molecule has 62 heavy (non-hydrogen) atoms. The third kappa shape index (κ3) is 4.82. The molecular weight excluding hydrogens is 781 g/mol. The zero-order valence-electron chi connectivity index (χ0n) is 32.8. The minimum Gasteiger partial charge on any atom is -0.456 e. The van der Waals surface area contributed by atoms with Gasteiger partial charge in [-0.1, -0.05) is 133 Å². The van der Waals surface area contributed by atoms with E-state index >= 15 is 0 Å². The third-order valence-electron chi connectivity index (χ3n) is 12.5. The molecule has 6 nitrogen and oxygen atoms in total. The molecular formula is C55H30N4O2S. The second kappa shape index (κ2) is 12.7. The van der Waals surface area contributed by atoms with Crippen molar-refractivity contribution < 1.29 is 8.83 Å². The lowest BCUT2D eigenvalue weighted by Gasteiger charge is -2.13. The number of rotatable bonds is 4. The van der Waals surface area contributed by atoms with Crippen molar-refractivity contribution in [1.82, 2.24) is 19.5 Å². The Morgan fingerprint density at radius 2 is 0.968 bits per heavy atom. The molecule has 0 spiro atoms. The number of nitrogens with zero attached hydrogens (tertiary/aromatic N) is 4. The van der Waals surface area contributed by atoms with Crippen LogP contribution in [-0.2, 0) is 0 Å². The maximum atomic E-state index is 6.38. The van der Waals surface area contributed by atoms with Crippen molar-refractivity contribution in [2.24, 2.45) is 0 Å². The van der Waals surface area contributed by atoms with Gasteiger partial charge in [0.15, 0.2) is 11.6 Å². The number of benzene rings is 9. The van der Waals surface area contributed by atoms with Crippen molar-refractivity contribution in [2.45, 2.75) is 0 Å². The summed E-state index contributed by atoms with van der Waals surface area (Å²) in [5.41, 5.74) is 9.22. The number of hydrogen-bond acceptors (Lipinski definition) is 6. The first kappa shape index (κ1) is 33.7. The number of furan rings is 2. The highest BCUT2D eigenvalue weighted by molar-refractivity contribution is 7.26. The van der Waals surface area contributed by atoms with E-state index in [1.807, 2.05) is 59.9 Å². The van der Waals surface area contributed by atoms with Gasteiger partial charge in [0.1, 0.15) is 22.3 Å². The van der Waals surface area contributed by atoms with Crippen LogP contribution < -0.4 is 0 Å². The van der Waals surface area contributed by atoms with Crippen LogP contribution in [0, 0.1) is 0 Å². The van der Waals surface area contributed by atoms with Crippen molar-refractivity contribution >= 4 is 108 Å². The highest BCUT2D eigenvalue weighted by Gasteiger charge is 2.23. The van der Waals surface area contributed by atoms with E-state index in [9.17, 15) is 0 Å². The van der Waals surface area contributed by atoms with E-state index in [0.717, 1.165) is 82.4 Å². The van der Waals surface area contributed by atoms with Crippen molar-refractivity contribution in [3.63, 3.8) is 0 Å². The van der Waals surface area contributed by atoms with E-state index < -0.39 is 0 Å². The van der Waals surface area contributed by atoms with Gasteiger partial charge in [0.25, 0.3) is 0 Å². The normalized spacial score (nSPS) is 12.2. The van der Waals surface area contributed by atoms with E-state index in [1.54, 1.807) is 0 Å². The summed E-state index contributed by atoms with van der Waals surface area (Å²) in [6.45, 7) is 0. The molecule has 0 unspecified atom stereocenters. The summed E-state index contributed by atoms with van der Waals surface area (Å²) >= 11 is 1.85. The van der Waals surface area contributed by atoms with Crippen LogP contribution in [0.4, 0.5) is 0 Å². The van der Waals surface area contributed by atoms with Gasteiger partial charge in [0.2, 0.25) is 5.95 Å². The van der Waals surface area contributed by atoms with E-state index in [1.165, 1.54) is 36.5 Å². The Balaban J connectivity index is 1.05. The molecule has 0 bridgehead atoms. The molecule has 288 valence electrons. The molecule has 0 radical (unpaired) electrons. The van der Waals surface area contributed by atoms with Gasteiger partial charge in [0, 0.05) is 74.7 Å². The van der Waals surface area contributed by atoms with Crippen LogP contribution in [0.5, 0.6) is 0 Å². The maximum Gasteiger partial charge on any atom is 0.238 e. The zero-order chi connectivity index (χ0) is 40.5. The van der Waals surface area contributed by atoms with Gasteiger partial charge in [-0.25, -0.2) is 4.98 Å². The molecule has 14 aromatic rings. The molecule has 0 aliphatic rings. The first-order valence-corrected chi connectivity index (χ1v) is 21.5. The van der Waals surface area contributed by atoms with Gasteiger partial charge in [-0.3, -0.25) is 4.57 Å². The first-order valence-electron chi connectivity index (χ1n) is 20.7. The number of thiophene rings is 1. The molecule has 5 heterocycles. The summed E-state index contributed by atoms with van der Waals surface area (Å²) in [6, 6.07) is 63.8. The predicted octanol–water partition coefficient (Wildman–Crippen LogP) is 15.3. The molecule has 0 atom stereocenters. The fraction of sp³-hybridized carbons (Fsp3) is 0. The smallest absolute Gasteiger partial charge is 0.238 e. The monoisotopic (exact) mass is 810 g/mol. The zero-order valence-corrected chi connectivity index (χ0v) is 33.7. The van der Waals surface area contributed by atoms with Crippen LogP contribution >= 0.6 is 11.3 Å². The molecule has 0 saturated heterocycles. The molecule has 0 aliphatic carbocycles. The lowest BCUT2D eigenvalue weighted by molar-refractivity contribution is 0.668. The minimum absolute atomic E-state index is 0.521. The Kier molecular flexibility index (Phi) is 6.89. The van der Waals surface area contributed by atoms with Crippen LogP contribution in [0.3, 0.4) is 0 Å². The summed E-state index contributed by atoms with van der Waals surface area (Å²) in [5.74, 6) is 1.60. The number of para-hydroxylation sites is 4. The lowest BCUT2D eigenvalue weighted by Crippen LogP contribution is -2.07. The Labute approximate surface area is 356 Å². The standard InChI is InChI=1S/C55H30N4O2S/c1-2-12-34-31(11-1)25-28-49-50(34)43-19-10-18-42(52(43)62-49)41-17-9-16-40-35-13-3-6-20-44(35)59(51(40)41)55-57-53(32-23-26-38-36-14-4-7-21-45(36)60-47(38)29-32)56-54(58-55)33-24-27-39-37-15-5-8-22-46(37)61-48(39)30-33/h1-30H. The molecule has 14 rings (SSSR count). The van der Waals surface area contributed by atoms with E-state index in [2.05, 4.69) is 138 Å². The van der Waals surface area contributed by atoms with Gasteiger partial charge < -0.3 is 8.83 Å². The van der Waals surface area contributed by atoms with Crippen LogP contribution in [0.1, 0.15) is 0 Å². The van der Waals surface area contributed by atoms with Crippen LogP contribution in [0.25, 0.3) is 136 Å². The van der Waals surface area contributed by atoms with Crippen LogP contribution in [0.2, 0.25) is 0 Å². The van der Waals surface area contributed by atoms with Gasteiger partial charge in [-0.15, -0.1) is 11.3 Å². The second-order valence-electron chi connectivity index (χ2n) is 15.9. The summed E-state index contributed by atoms with van der Waals surface area (Å²) < 4.78 is 17.5. The Morgan fingerprint density at radius 1 is 0.403 bits per heavy atom. The lowest BCUT2D eigenvalue weighted by atomic mass is 9.98.